The fraction of sp³-hybridized carbons (Fsp3) is 0.174. The van der Waals surface area contributed by atoms with E-state index in [0.717, 1.165) is 16.8 Å². The van der Waals surface area contributed by atoms with Crippen LogP contribution in [0, 0.1) is 0 Å². The first-order valence-corrected chi connectivity index (χ1v) is 10.4. The lowest BCUT2D eigenvalue weighted by molar-refractivity contribution is 0.0696. The molecule has 0 spiro atoms. The molecule has 4 heterocycles. The second-order valence-corrected chi connectivity index (χ2v) is 7.48. The monoisotopic (exact) mass is 443 g/mol. The maximum atomic E-state index is 12.1. The molecule has 0 amide bonds. The number of para-hydroxylation sites is 1. The van der Waals surface area contributed by atoms with Crippen LogP contribution >= 0.6 is 0 Å². The van der Waals surface area contributed by atoms with Crippen LogP contribution in [-0.4, -0.2) is 35.8 Å². The van der Waals surface area contributed by atoms with Crippen molar-refractivity contribution in [2.45, 2.75) is 20.0 Å². The van der Waals surface area contributed by atoms with Crippen LogP contribution in [0.2, 0.25) is 0 Å². The molecule has 0 bridgehead atoms. The molecule has 33 heavy (non-hydrogen) atoms. The Bertz CT molecular complexity index is 1350. The van der Waals surface area contributed by atoms with Crippen molar-refractivity contribution in [2.75, 3.05) is 10.6 Å². The van der Waals surface area contributed by atoms with Crippen molar-refractivity contribution in [3.63, 3.8) is 0 Å². The third kappa shape index (κ3) is 3.82. The summed E-state index contributed by atoms with van der Waals surface area (Å²) in [6.07, 6.45) is 4.00. The first-order chi connectivity index (χ1) is 16.0. The number of ether oxygens (including phenoxy) is 1. The van der Waals surface area contributed by atoms with Gasteiger partial charge in [0.25, 0.3) is 0 Å². The molecular weight excluding hydrogens is 422 g/mol. The maximum absolute atomic E-state index is 12.1. The normalized spacial score (nSPS) is 11.8. The zero-order valence-corrected chi connectivity index (χ0v) is 18.0. The number of pyridine rings is 1. The highest BCUT2D eigenvalue weighted by atomic mass is 16.5. The largest absolute Gasteiger partial charge is 0.484 e. The van der Waals surface area contributed by atoms with Gasteiger partial charge in [-0.1, -0.05) is 25.1 Å². The quantitative estimate of drug-likeness (QED) is 0.406. The highest BCUT2D eigenvalue weighted by Gasteiger charge is 2.25. The number of rotatable bonds is 6. The summed E-state index contributed by atoms with van der Waals surface area (Å²) in [6, 6.07) is 11.1. The number of nitrogens with one attached hydrogen (secondary N) is 2. The average molecular weight is 443 g/mol. The third-order valence-electron chi connectivity index (χ3n) is 5.25. The van der Waals surface area contributed by atoms with Crippen molar-refractivity contribution in [3.05, 3.63) is 65.7 Å². The number of aromatic carboxylic acids is 1. The third-order valence-corrected chi connectivity index (χ3v) is 5.25. The van der Waals surface area contributed by atoms with Gasteiger partial charge in [-0.3, -0.25) is 4.68 Å². The van der Waals surface area contributed by atoms with Crippen LogP contribution in [0.25, 0.3) is 11.1 Å². The molecule has 1 aliphatic heterocycles. The van der Waals surface area contributed by atoms with Crippen LogP contribution in [0.15, 0.2) is 48.8 Å². The summed E-state index contributed by atoms with van der Waals surface area (Å²) in [5.74, 6) is 0.474. The Morgan fingerprint density at radius 1 is 1.15 bits per heavy atom. The van der Waals surface area contributed by atoms with Gasteiger partial charge in [0.05, 0.1) is 11.4 Å². The SMILES string of the molecule is CCc1nc(Nc2ccccn2)nc(Nc2cccc3c2OCc2nn(C)cc2-3)c1C(=O)O. The van der Waals surface area contributed by atoms with Crippen LogP contribution < -0.4 is 15.4 Å². The maximum Gasteiger partial charge on any atom is 0.341 e. The number of anilines is 4. The highest BCUT2D eigenvalue weighted by Crippen LogP contribution is 2.43. The first kappa shape index (κ1) is 20.4. The predicted octanol–water partition coefficient (Wildman–Crippen LogP) is 3.91. The number of hydrogen-bond acceptors (Lipinski definition) is 8. The van der Waals surface area contributed by atoms with Crippen molar-refractivity contribution >= 4 is 29.2 Å². The molecule has 3 aromatic heterocycles. The Kier molecular flexibility index (Phi) is 5.09. The molecule has 5 rings (SSSR count). The predicted molar refractivity (Wildman–Crippen MR) is 122 cm³/mol. The molecular formula is C23H21N7O3. The molecule has 166 valence electrons. The van der Waals surface area contributed by atoms with Crippen molar-refractivity contribution in [2.24, 2.45) is 7.05 Å². The second kappa shape index (κ2) is 8.23. The van der Waals surface area contributed by atoms with Crippen molar-refractivity contribution in [3.8, 4) is 16.9 Å². The number of benzene rings is 1. The van der Waals surface area contributed by atoms with Crippen LogP contribution in [-0.2, 0) is 20.1 Å². The molecule has 3 N–H and O–H groups in total. The second-order valence-electron chi connectivity index (χ2n) is 7.48. The van der Waals surface area contributed by atoms with Gasteiger partial charge >= 0.3 is 5.97 Å². The van der Waals surface area contributed by atoms with Gasteiger partial charge in [-0.2, -0.15) is 10.1 Å². The summed E-state index contributed by atoms with van der Waals surface area (Å²) in [4.78, 5) is 25.2. The summed E-state index contributed by atoms with van der Waals surface area (Å²) in [5.41, 5.74) is 3.73. The number of aryl methyl sites for hydroxylation is 2. The summed E-state index contributed by atoms with van der Waals surface area (Å²) >= 11 is 0. The van der Waals surface area contributed by atoms with E-state index in [4.69, 9.17) is 4.74 Å². The summed E-state index contributed by atoms with van der Waals surface area (Å²) in [6.45, 7) is 2.17. The summed E-state index contributed by atoms with van der Waals surface area (Å²) < 4.78 is 7.74. The van der Waals surface area contributed by atoms with E-state index in [2.05, 4.69) is 30.7 Å². The molecule has 0 fully saturated rings. The minimum absolute atomic E-state index is 0.0135. The lowest BCUT2D eigenvalue weighted by Crippen LogP contribution is -2.14. The van der Waals surface area contributed by atoms with Gasteiger partial charge < -0.3 is 20.5 Å². The number of nitrogens with zero attached hydrogens (tertiary/aromatic N) is 5. The smallest absolute Gasteiger partial charge is 0.341 e. The lowest BCUT2D eigenvalue weighted by atomic mass is 10.0. The van der Waals surface area contributed by atoms with Gasteiger partial charge in [0.1, 0.15) is 23.7 Å². The Morgan fingerprint density at radius 3 is 2.79 bits per heavy atom. The number of carboxylic acids is 1. The standard InChI is InChI=1S/C23H21N7O3/c1-3-15-19(22(31)32)21(28-23(26-15)27-18-9-4-5-10-24-18)25-16-8-6-7-13-14-11-30(2)29-17(14)12-33-20(13)16/h4-11H,3,12H2,1-2H3,(H,31,32)(H2,24,25,26,27,28). The Labute approximate surface area is 189 Å². The number of carbonyl (C=O) groups is 1. The molecule has 0 unspecified atom stereocenters. The number of fused-ring (bicyclic) bond motifs is 3. The van der Waals surface area contributed by atoms with Crippen molar-refractivity contribution in [1.82, 2.24) is 24.7 Å². The number of aromatic nitrogens is 5. The van der Waals surface area contributed by atoms with Crippen molar-refractivity contribution in [1.29, 1.82) is 0 Å². The summed E-state index contributed by atoms with van der Waals surface area (Å²) in [5, 5.41) is 20.6. The fourth-order valence-corrected chi connectivity index (χ4v) is 3.82. The average Bonchev–Trinajstić information content (AvgIpc) is 3.20. The van der Waals surface area contributed by atoms with Crippen molar-refractivity contribution < 1.29 is 14.6 Å². The zero-order chi connectivity index (χ0) is 22.9. The number of carboxylic acid groups (broad SMARTS) is 1. The molecule has 0 atom stereocenters. The van der Waals surface area contributed by atoms with E-state index in [1.807, 2.05) is 44.4 Å². The van der Waals surface area contributed by atoms with Crippen LogP contribution in [0.5, 0.6) is 5.75 Å². The fourth-order valence-electron chi connectivity index (χ4n) is 3.82. The molecule has 0 radical (unpaired) electrons. The molecule has 0 saturated heterocycles. The molecule has 4 aromatic rings. The van der Waals surface area contributed by atoms with E-state index in [1.54, 1.807) is 23.0 Å². The van der Waals surface area contributed by atoms with Gasteiger partial charge in [0.15, 0.2) is 11.6 Å². The van der Waals surface area contributed by atoms with E-state index < -0.39 is 5.97 Å². The van der Waals surface area contributed by atoms with Crippen LogP contribution in [0.3, 0.4) is 0 Å². The van der Waals surface area contributed by atoms with E-state index >= 15 is 0 Å². The van der Waals surface area contributed by atoms with E-state index in [0.29, 0.717) is 36.0 Å². The van der Waals surface area contributed by atoms with Gasteiger partial charge in [-0.05, 0) is 24.6 Å². The van der Waals surface area contributed by atoms with E-state index in [-0.39, 0.29) is 17.3 Å². The molecule has 1 aliphatic rings. The lowest BCUT2D eigenvalue weighted by Gasteiger charge is -2.21. The van der Waals surface area contributed by atoms with Gasteiger partial charge in [0, 0.05) is 30.6 Å². The minimum Gasteiger partial charge on any atom is -0.484 e. The Hall–Kier alpha value is -4.47. The summed E-state index contributed by atoms with van der Waals surface area (Å²) in [7, 11) is 1.86. The molecule has 1 aromatic carbocycles. The first-order valence-electron chi connectivity index (χ1n) is 10.4. The van der Waals surface area contributed by atoms with Gasteiger partial charge in [-0.25, -0.2) is 14.8 Å². The molecule has 0 saturated carbocycles. The number of hydrogen-bond donors (Lipinski definition) is 3. The zero-order valence-electron chi connectivity index (χ0n) is 18.0. The minimum atomic E-state index is -1.11. The van der Waals surface area contributed by atoms with Crippen LogP contribution in [0.4, 0.5) is 23.3 Å². The highest BCUT2D eigenvalue weighted by molar-refractivity contribution is 5.96. The van der Waals surface area contributed by atoms with E-state index in [1.165, 1.54) is 0 Å². The topological polar surface area (TPSA) is 127 Å². The van der Waals surface area contributed by atoms with Crippen LogP contribution in [0.1, 0.15) is 28.7 Å². The van der Waals surface area contributed by atoms with Gasteiger partial charge in [-0.15, -0.1) is 0 Å². The molecule has 10 nitrogen and oxygen atoms in total. The van der Waals surface area contributed by atoms with E-state index in [9.17, 15) is 9.90 Å². The Morgan fingerprint density at radius 2 is 2.03 bits per heavy atom. The molecule has 10 heteroatoms. The van der Waals surface area contributed by atoms with Gasteiger partial charge in [0.2, 0.25) is 5.95 Å². The Balaban J connectivity index is 1.58. The molecule has 0 aliphatic carbocycles.